The van der Waals surface area contributed by atoms with Gasteiger partial charge in [-0.15, -0.1) is 0 Å². The molecule has 1 aliphatic rings. The van der Waals surface area contributed by atoms with Crippen LogP contribution in [0.15, 0.2) is 54.6 Å². The number of carbonyl (C=O) groups is 1. The molecule has 1 unspecified atom stereocenters. The second-order valence-electron chi connectivity index (χ2n) is 7.29. The van der Waals surface area contributed by atoms with Crippen molar-refractivity contribution in [3.8, 4) is 11.1 Å². The number of piperidine rings is 1. The molecule has 3 nitrogen and oxygen atoms in total. The van der Waals surface area contributed by atoms with Crippen LogP contribution in [0.1, 0.15) is 32.3 Å². The number of benzene rings is 2. The summed E-state index contributed by atoms with van der Waals surface area (Å²) in [6.07, 6.45) is 2.20. The van der Waals surface area contributed by atoms with Gasteiger partial charge in [0.05, 0.1) is 19.0 Å². The third-order valence-electron chi connectivity index (χ3n) is 5.56. The Labute approximate surface area is 157 Å². The van der Waals surface area contributed by atoms with Crippen molar-refractivity contribution >= 4 is 5.91 Å². The molecule has 0 aliphatic carbocycles. The first kappa shape index (κ1) is 18.7. The summed E-state index contributed by atoms with van der Waals surface area (Å²) in [6, 6.07) is 19.4. The van der Waals surface area contributed by atoms with Crippen LogP contribution in [0.5, 0.6) is 0 Å². The second kappa shape index (κ2) is 9.00. The number of amides is 1. The number of carbonyl (C=O) groups excluding carboxylic acids is 1. The summed E-state index contributed by atoms with van der Waals surface area (Å²) < 4.78 is 0. The molecule has 2 aromatic rings. The van der Waals surface area contributed by atoms with Gasteiger partial charge in [0.15, 0.2) is 0 Å². The van der Waals surface area contributed by atoms with Gasteiger partial charge in [0.2, 0.25) is 5.91 Å². The minimum atomic E-state index is 0.197. The van der Waals surface area contributed by atoms with Crippen LogP contribution in [0.25, 0.3) is 11.1 Å². The van der Waals surface area contributed by atoms with E-state index in [1.165, 1.54) is 28.1 Å². The van der Waals surface area contributed by atoms with E-state index in [0.29, 0.717) is 5.91 Å². The Bertz CT molecular complexity index is 692. The van der Waals surface area contributed by atoms with Crippen molar-refractivity contribution in [2.45, 2.75) is 33.2 Å². The molecular formula is C23H31N2O+. The molecule has 1 heterocycles. The maximum absolute atomic E-state index is 12.7. The lowest BCUT2D eigenvalue weighted by atomic mass is 9.95. The van der Waals surface area contributed by atoms with E-state index in [4.69, 9.17) is 0 Å². The van der Waals surface area contributed by atoms with Gasteiger partial charge >= 0.3 is 0 Å². The molecule has 26 heavy (non-hydrogen) atoms. The summed E-state index contributed by atoms with van der Waals surface area (Å²) in [5.74, 6) is 0.550. The van der Waals surface area contributed by atoms with E-state index in [0.717, 1.165) is 39.0 Å². The van der Waals surface area contributed by atoms with Crippen molar-refractivity contribution in [2.75, 3.05) is 26.2 Å². The van der Waals surface area contributed by atoms with Crippen molar-refractivity contribution in [3.05, 3.63) is 60.2 Å². The Morgan fingerprint density at radius 2 is 1.65 bits per heavy atom. The van der Waals surface area contributed by atoms with E-state index >= 15 is 0 Å². The highest BCUT2D eigenvalue weighted by molar-refractivity contribution is 5.78. The summed E-state index contributed by atoms with van der Waals surface area (Å²) in [5.41, 5.74) is 3.88. The topological polar surface area (TPSA) is 24.8 Å². The third-order valence-corrected chi connectivity index (χ3v) is 5.56. The Hall–Kier alpha value is -2.13. The number of hydrogen-bond donors (Lipinski definition) is 1. The van der Waals surface area contributed by atoms with Crippen molar-refractivity contribution in [1.29, 1.82) is 0 Å². The lowest BCUT2D eigenvalue weighted by molar-refractivity contribution is -0.921. The molecule has 1 fully saturated rings. The van der Waals surface area contributed by atoms with Crippen LogP contribution in [0.2, 0.25) is 0 Å². The van der Waals surface area contributed by atoms with Crippen molar-refractivity contribution in [3.63, 3.8) is 0 Å². The average molecular weight is 352 g/mol. The van der Waals surface area contributed by atoms with Gasteiger partial charge in [0, 0.05) is 18.7 Å². The van der Waals surface area contributed by atoms with E-state index in [-0.39, 0.29) is 5.92 Å². The van der Waals surface area contributed by atoms with E-state index < -0.39 is 0 Å². The van der Waals surface area contributed by atoms with E-state index in [1.807, 2.05) is 11.0 Å². The molecular weight excluding hydrogens is 320 g/mol. The summed E-state index contributed by atoms with van der Waals surface area (Å²) in [7, 11) is 0. The Morgan fingerprint density at radius 3 is 2.31 bits per heavy atom. The zero-order valence-corrected chi connectivity index (χ0v) is 16.1. The largest absolute Gasteiger partial charge is 0.343 e. The smallest absolute Gasteiger partial charge is 0.231 e. The van der Waals surface area contributed by atoms with Crippen LogP contribution in [0.4, 0.5) is 0 Å². The second-order valence-corrected chi connectivity index (χ2v) is 7.29. The third kappa shape index (κ3) is 4.53. The monoisotopic (exact) mass is 351 g/mol. The van der Waals surface area contributed by atoms with Gasteiger partial charge in [-0.3, -0.25) is 4.79 Å². The van der Waals surface area contributed by atoms with Gasteiger partial charge in [-0.05, 0) is 37.8 Å². The minimum Gasteiger partial charge on any atom is -0.343 e. The molecule has 2 atom stereocenters. The number of likely N-dealkylation sites (tertiary alicyclic amines) is 1. The van der Waals surface area contributed by atoms with Crippen LogP contribution in [0, 0.1) is 5.92 Å². The lowest BCUT2D eigenvalue weighted by Gasteiger charge is -2.32. The molecule has 0 aromatic heterocycles. The van der Waals surface area contributed by atoms with E-state index in [2.05, 4.69) is 62.4 Å². The first-order chi connectivity index (χ1) is 12.7. The standard InChI is InChI=1S/C23H30N2O/c1-3-25(4-2)23(26)22-11-8-16-24(18-22)17-19-12-14-21(15-13-19)20-9-6-5-7-10-20/h5-7,9-10,12-15,22H,3-4,8,11,16-18H2,1-2H3/p+1/t22-/m1/s1. The van der Waals surface area contributed by atoms with Gasteiger partial charge in [-0.2, -0.15) is 0 Å². The highest BCUT2D eigenvalue weighted by Gasteiger charge is 2.30. The Balaban J connectivity index is 1.61. The molecule has 138 valence electrons. The van der Waals surface area contributed by atoms with E-state index in [1.54, 1.807) is 0 Å². The molecule has 1 saturated heterocycles. The number of rotatable bonds is 6. The molecule has 0 radical (unpaired) electrons. The zero-order valence-electron chi connectivity index (χ0n) is 16.1. The van der Waals surface area contributed by atoms with Crippen molar-refractivity contribution < 1.29 is 9.69 Å². The summed E-state index contributed by atoms with van der Waals surface area (Å²) in [5, 5.41) is 0. The predicted molar refractivity (Wildman–Crippen MR) is 107 cm³/mol. The lowest BCUT2D eigenvalue weighted by Crippen LogP contribution is -3.12. The molecule has 0 bridgehead atoms. The first-order valence-electron chi connectivity index (χ1n) is 9.98. The molecule has 1 amide bonds. The molecule has 2 aromatic carbocycles. The maximum Gasteiger partial charge on any atom is 0.231 e. The Kier molecular flexibility index (Phi) is 6.45. The highest BCUT2D eigenvalue weighted by atomic mass is 16.2. The van der Waals surface area contributed by atoms with Gasteiger partial charge < -0.3 is 9.80 Å². The predicted octanol–water partition coefficient (Wildman–Crippen LogP) is 3.02. The number of nitrogens with zero attached hydrogens (tertiary/aromatic N) is 1. The fraction of sp³-hybridized carbons (Fsp3) is 0.435. The van der Waals surface area contributed by atoms with Crippen LogP contribution in [-0.4, -0.2) is 37.0 Å². The van der Waals surface area contributed by atoms with Gasteiger partial charge in [0.25, 0.3) is 0 Å². The fourth-order valence-electron chi connectivity index (χ4n) is 4.05. The average Bonchev–Trinajstić information content (AvgIpc) is 2.70. The first-order valence-corrected chi connectivity index (χ1v) is 9.98. The quantitative estimate of drug-likeness (QED) is 0.850. The van der Waals surface area contributed by atoms with Gasteiger partial charge in [-0.1, -0.05) is 54.6 Å². The molecule has 0 saturated carbocycles. The van der Waals surface area contributed by atoms with Gasteiger partial charge in [0.1, 0.15) is 6.54 Å². The van der Waals surface area contributed by atoms with Crippen LogP contribution < -0.4 is 4.90 Å². The Morgan fingerprint density at radius 1 is 1.00 bits per heavy atom. The van der Waals surface area contributed by atoms with Crippen LogP contribution >= 0.6 is 0 Å². The maximum atomic E-state index is 12.7. The van der Waals surface area contributed by atoms with Crippen molar-refractivity contribution in [2.24, 2.45) is 5.92 Å². The minimum absolute atomic E-state index is 0.197. The number of quaternary nitrogens is 1. The number of hydrogen-bond acceptors (Lipinski definition) is 1. The summed E-state index contributed by atoms with van der Waals surface area (Å²) in [4.78, 5) is 16.2. The SMILES string of the molecule is CCN(CC)C(=O)[C@@H]1CCC[NH+](Cc2ccc(-c3ccccc3)cc2)C1. The van der Waals surface area contributed by atoms with E-state index in [9.17, 15) is 4.79 Å². The number of nitrogens with one attached hydrogen (secondary N) is 1. The fourth-order valence-corrected chi connectivity index (χ4v) is 4.05. The molecule has 1 aliphatic heterocycles. The van der Waals surface area contributed by atoms with Gasteiger partial charge in [-0.25, -0.2) is 0 Å². The van der Waals surface area contributed by atoms with Crippen LogP contribution in [0.3, 0.4) is 0 Å². The molecule has 3 rings (SSSR count). The molecule has 3 heteroatoms. The highest BCUT2D eigenvalue weighted by Crippen LogP contribution is 2.19. The van der Waals surface area contributed by atoms with Crippen molar-refractivity contribution in [1.82, 2.24) is 4.90 Å². The zero-order chi connectivity index (χ0) is 18.4. The molecule has 1 N–H and O–H groups in total. The normalized spacial score (nSPS) is 19.9. The summed E-state index contributed by atoms with van der Waals surface area (Å²) in [6.45, 7) is 8.94. The summed E-state index contributed by atoms with van der Waals surface area (Å²) >= 11 is 0. The van der Waals surface area contributed by atoms with Crippen LogP contribution in [-0.2, 0) is 11.3 Å². The molecule has 0 spiro atoms.